The number of fused-ring (bicyclic) bond motifs is 1. The lowest BCUT2D eigenvalue weighted by Gasteiger charge is -2.20. The van der Waals surface area contributed by atoms with E-state index >= 15 is 0 Å². The molecule has 0 spiro atoms. The highest BCUT2D eigenvalue weighted by Crippen LogP contribution is 2.30. The van der Waals surface area contributed by atoms with E-state index in [1.807, 2.05) is 41.0 Å². The molecule has 0 unspecified atom stereocenters. The molecule has 3 aromatic rings. The molecular formula is C20H25ClN4O2. The third-order valence-corrected chi connectivity index (χ3v) is 4.44. The predicted molar refractivity (Wildman–Crippen MR) is 109 cm³/mol. The third kappa shape index (κ3) is 4.58. The van der Waals surface area contributed by atoms with E-state index in [0.717, 1.165) is 28.3 Å². The van der Waals surface area contributed by atoms with Gasteiger partial charge in [0.05, 0.1) is 31.7 Å². The monoisotopic (exact) mass is 388 g/mol. The molecule has 3 rings (SSSR count). The first-order valence-corrected chi connectivity index (χ1v) is 9.35. The minimum absolute atomic E-state index is 0.0251. The summed E-state index contributed by atoms with van der Waals surface area (Å²) in [5, 5.41) is 17.4. The van der Waals surface area contributed by atoms with E-state index in [-0.39, 0.29) is 12.0 Å². The SMILES string of the molecule is CC(C)(C)c1cc(NCCOCCO)n2ncc(-c3ccc(Cl)cc3)c2n1. The average Bonchev–Trinajstić information content (AvgIpc) is 3.05. The molecule has 0 amide bonds. The lowest BCUT2D eigenvalue weighted by molar-refractivity contribution is 0.0991. The molecule has 7 heteroatoms. The average molecular weight is 389 g/mol. The van der Waals surface area contributed by atoms with Crippen LogP contribution in [0.3, 0.4) is 0 Å². The van der Waals surface area contributed by atoms with Gasteiger partial charge in [-0.3, -0.25) is 0 Å². The van der Waals surface area contributed by atoms with Gasteiger partial charge in [0, 0.05) is 28.6 Å². The number of nitrogens with zero attached hydrogens (tertiary/aromatic N) is 3. The molecular weight excluding hydrogens is 364 g/mol. The summed E-state index contributed by atoms with van der Waals surface area (Å²) in [6.45, 7) is 7.88. The van der Waals surface area contributed by atoms with Crippen molar-refractivity contribution >= 4 is 23.1 Å². The van der Waals surface area contributed by atoms with Crippen LogP contribution < -0.4 is 5.32 Å². The quantitative estimate of drug-likeness (QED) is 0.603. The lowest BCUT2D eigenvalue weighted by atomic mass is 9.92. The highest BCUT2D eigenvalue weighted by molar-refractivity contribution is 6.30. The zero-order valence-electron chi connectivity index (χ0n) is 15.9. The fourth-order valence-electron chi connectivity index (χ4n) is 2.72. The van der Waals surface area contributed by atoms with Crippen molar-refractivity contribution in [2.24, 2.45) is 0 Å². The van der Waals surface area contributed by atoms with Gasteiger partial charge in [-0.1, -0.05) is 44.5 Å². The number of aliphatic hydroxyl groups excluding tert-OH is 1. The Bertz CT molecular complexity index is 901. The number of aliphatic hydroxyl groups is 1. The maximum absolute atomic E-state index is 8.80. The Balaban J connectivity index is 2.00. The predicted octanol–water partition coefficient (Wildman–Crippen LogP) is 3.77. The highest BCUT2D eigenvalue weighted by Gasteiger charge is 2.20. The first-order chi connectivity index (χ1) is 12.9. The van der Waals surface area contributed by atoms with E-state index in [2.05, 4.69) is 31.2 Å². The van der Waals surface area contributed by atoms with Crippen LogP contribution in [0.4, 0.5) is 5.82 Å². The molecule has 0 bridgehead atoms. The van der Waals surface area contributed by atoms with Crippen LogP contribution in [0.1, 0.15) is 26.5 Å². The highest BCUT2D eigenvalue weighted by atomic mass is 35.5. The molecule has 0 aliphatic carbocycles. The van der Waals surface area contributed by atoms with Crippen molar-refractivity contribution in [2.45, 2.75) is 26.2 Å². The number of benzene rings is 1. The van der Waals surface area contributed by atoms with E-state index in [1.54, 1.807) is 0 Å². The number of anilines is 1. The molecule has 144 valence electrons. The Morgan fingerprint density at radius 1 is 1.19 bits per heavy atom. The van der Waals surface area contributed by atoms with Gasteiger partial charge in [-0.2, -0.15) is 9.61 Å². The zero-order valence-corrected chi connectivity index (χ0v) is 16.6. The van der Waals surface area contributed by atoms with Gasteiger partial charge in [0.1, 0.15) is 5.82 Å². The van der Waals surface area contributed by atoms with E-state index in [4.69, 9.17) is 26.4 Å². The summed E-state index contributed by atoms with van der Waals surface area (Å²) in [7, 11) is 0. The molecule has 1 aromatic carbocycles. The van der Waals surface area contributed by atoms with Crippen LogP contribution in [0.5, 0.6) is 0 Å². The van der Waals surface area contributed by atoms with Crippen molar-refractivity contribution < 1.29 is 9.84 Å². The van der Waals surface area contributed by atoms with Crippen LogP contribution in [-0.4, -0.2) is 46.1 Å². The van der Waals surface area contributed by atoms with Gasteiger partial charge in [0.25, 0.3) is 0 Å². The maximum atomic E-state index is 8.80. The minimum Gasteiger partial charge on any atom is -0.394 e. The van der Waals surface area contributed by atoms with Crippen LogP contribution in [-0.2, 0) is 10.2 Å². The number of hydrogen-bond donors (Lipinski definition) is 2. The molecule has 2 N–H and O–H groups in total. The molecule has 0 atom stereocenters. The Hall–Kier alpha value is -2.15. The number of nitrogens with one attached hydrogen (secondary N) is 1. The largest absolute Gasteiger partial charge is 0.394 e. The minimum atomic E-state index is -0.104. The summed E-state index contributed by atoms with van der Waals surface area (Å²) in [6.07, 6.45) is 1.82. The van der Waals surface area contributed by atoms with Crippen molar-refractivity contribution in [3.8, 4) is 11.1 Å². The second-order valence-electron chi connectivity index (χ2n) is 7.34. The van der Waals surface area contributed by atoms with E-state index in [0.29, 0.717) is 24.8 Å². The van der Waals surface area contributed by atoms with Gasteiger partial charge in [0.2, 0.25) is 0 Å². The third-order valence-electron chi connectivity index (χ3n) is 4.18. The molecule has 27 heavy (non-hydrogen) atoms. The van der Waals surface area contributed by atoms with Crippen LogP contribution in [0, 0.1) is 0 Å². The Morgan fingerprint density at radius 2 is 1.93 bits per heavy atom. The Labute approximate surface area is 164 Å². The molecule has 6 nitrogen and oxygen atoms in total. The Kier molecular flexibility index (Phi) is 5.99. The first kappa shape index (κ1) is 19.6. The van der Waals surface area contributed by atoms with Crippen molar-refractivity contribution in [3.63, 3.8) is 0 Å². The molecule has 2 heterocycles. The van der Waals surface area contributed by atoms with Gasteiger partial charge in [-0.25, -0.2) is 4.98 Å². The van der Waals surface area contributed by atoms with Gasteiger partial charge in [0.15, 0.2) is 5.65 Å². The summed E-state index contributed by atoms with van der Waals surface area (Å²) in [5.74, 6) is 0.859. The maximum Gasteiger partial charge on any atom is 0.165 e. The van der Waals surface area contributed by atoms with Crippen LogP contribution in [0.15, 0.2) is 36.5 Å². The molecule has 0 radical (unpaired) electrons. The number of halogens is 1. The summed E-state index contributed by atoms with van der Waals surface area (Å²) in [6, 6.07) is 9.70. The van der Waals surface area contributed by atoms with Gasteiger partial charge < -0.3 is 15.2 Å². The summed E-state index contributed by atoms with van der Waals surface area (Å²) >= 11 is 6.02. The molecule has 0 saturated heterocycles. The summed E-state index contributed by atoms with van der Waals surface area (Å²) < 4.78 is 7.14. The second kappa shape index (κ2) is 8.25. The van der Waals surface area contributed by atoms with Crippen LogP contribution in [0.25, 0.3) is 16.8 Å². The fourth-order valence-corrected chi connectivity index (χ4v) is 2.85. The smallest absolute Gasteiger partial charge is 0.165 e. The van der Waals surface area contributed by atoms with Gasteiger partial charge in [-0.05, 0) is 17.7 Å². The molecule has 0 aliphatic heterocycles. The first-order valence-electron chi connectivity index (χ1n) is 8.98. The summed E-state index contributed by atoms with van der Waals surface area (Å²) in [4.78, 5) is 4.89. The Morgan fingerprint density at radius 3 is 2.59 bits per heavy atom. The van der Waals surface area contributed by atoms with E-state index in [9.17, 15) is 0 Å². The number of rotatable bonds is 7. The lowest BCUT2D eigenvalue weighted by Crippen LogP contribution is -2.18. The normalized spacial score (nSPS) is 11.9. The van der Waals surface area contributed by atoms with Crippen molar-refractivity contribution in [3.05, 3.63) is 47.2 Å². The van der Waals surface area contributed by atoms with Crippen LogP contribution in [0.2, 0.25) is 5.02 Å². The van der Waals surface area contributed by atoms with Crippen molar-refractivity contribution in [2.75, 3.05) is 31.7 Å². The molecule has 0 aliphatic rings. The van der Waals surface area contributed by atoms with Crippen molar-refractivity contribution in [1.82, 2.24) is 14.6 Å². The number of hydrogen-bond acceptors (Lipinski definition) is 5. The van der Waals surface area contributed by atoms with Crippen LogP contribution >= 0.6 is 11.6 Å². The molecule has 0 fully saturated rings. The van der Waals surface area contributed by atoms with E-state index in [1.165, 1.54) is 0 Å². The second-order valence-corrected chi connectivity index (χ2v) is 7.78. The van der Waals surface area contributed by atoms with Gasteiger partial charge >= 0.3 is 0 Å². The zero-order chi connectivity index (χ0) is 19.4. The fraction of sp³-hybridized carbons (Fsp3) is 0.400. The van der Waals surface area contributed by atoms with Gasteiger partial charge in [-0.15, -0.1) is 0 Å². The number of ether oxygens (including phenoxy) is 1. The van der Waals surface area contributed by atoms with Crippen molar-refractivity contribution in [1.29, 1.82) is 0 Å². The summed E-state index contributed by atoms with van der Waals surface area (Å²) in [5.41, 5.74) is 3.64. The number of aromatic nitrogens is 3. The van der Waals surface area contributed by atoms with E-state index < -0.39 is 0 Å². The molecule has 0 saturated carbocycles. The standard InChI is InChI=1S/C20H25ClN4O2/c1-20(2,3)17-12-18(22-8-10-27-11-9-26)25-19(24-17)16(13-23-25)14-4-6-15(21)7-5-14/h4-7,12-13,22,26H,8-11H2,1-3H3. The molecule has 2 aromatic heterocycles. The topological polar surface area (TPSA) is 71.7 Å².